The van der Waals surface area contributed by atoms with Crippen molar-refractivity contribution in [1.82, 2.24) is 4.31 Å². The molecule has 0 radical (unpaired) electrons. The largest absolute Gasteiger partial charge is 0.486 e. The Bertz CT molecular complexity index is 894. The Kier molecular flexibility index (Phi) is 4.46. The number of rotatable bonds is 3. The molecule has 0 aliphatic carbocycles. The highest BCUT2D eigenvalue weighted by Crippen LogP contribution is 2.33. The summed E-state index contributed by atoms with van der Waals surface area (Å²) < 4.78 is 51.3. The van der Waals surface area contributed by atoms with E-state index < -0.39 is 10.0 Å². The maximum atomic E-state index is 13.1. The van der Waals surface area contributed by atoms with Gasteiger partial charge in [-0.1, -0.05) is 0 Å². The Balaban J connectivity index is 1.48. The van der Waals surface area contributed by atoms with Crippen molar-refractivity contribution in [3.05, 3.63) is 48.3 Å². The first-order chi connectivity index (χ1) is 12.5. The third-order valence-electron chi connectivity index (χ3n) is 4.58. The average molecular weight is 378 g/mol. The van der Waals surface area contributed by atoms with Crippen molar-refractivity contribution in [3.63, 3.8) is 0 Å². The van der Waals surface area contributed by atoms with Crippen LogP contribution in [0.15, 0.2) is 47.4 Å². The highest BCUT2D eigenvalue weighted by molar-refractivity contribution is 7.89. The molecule has 0 bridgehead atoms. The second-order valence-electron chi connectivity index (χ2n) is 6.17. The van der Waals surface area contributed by atoms with Crippen molar-refractivity contribution in [2.45, 2.75) is 4.90 Å². The molecule has 0 N–H and O–H groups in total. The van der Waals surface area contributed by atoms with Gasteiger partial charge in [0.2, 0.25) is 10.0 Å². The monoisotopic (exact) mass is 378 g/mol. The average Bonchev–Trinajstić information content (AvgIpc) is 2.68. The first kappa shape index (κ1) is 17.1. The van der Waals surface area contributed by atoms with E-state index in [2.05, 4.69) is 4.90 Å². The summed E-state index contributed by atoms with van der Waals surface area (Å²) in [4.78, 5) is 2.26. The van der Waals surface area contributed by atoms with Crippen LogP contribution in [0.5, 0.6) is 11.5 Å². The molecule has 2 aromatic rings. The van der Waals surface area contributed by atoms with Gasteiger partial charge in [0.25, 0.3) is 0 Å². The van der Waals surface area contributed by atoms with Crippen LogP contribution in [0, 0.1) is 5.82 Å². The maximum absolute atomic E-state index is 13.1. The van der Waals surface area contributed by atoms with Crippen molar-refractivity contribution >= 4 is 15.7 Å². The predicted octanol–water partition coefficient (Wildman–Crippen LogP) is 2.11. The number of halogens is 1. The summed E-state index contributed by atoms with van der Waals surface area (Å²) >= 11 is 0. The van der Waals surface area contributed by atoms with Crippen molar-refractivity contribution in [2.24, 2.45) is 0 Å². The van der Waals surface area contributed by atoms with Crippen LogP contribution >= 0.6 is 0 Å². The summed E-state index contributed by atoms with van der Waals surface area (Å²) in [5.74, 6) is 0.743. The zero-order chi connectivity index (χ0) is 18.1. The van der Waals surface area contributed by atoms with E-state index in [1.165, 1.54) is 22.5 Å². The lowest BCUT2D eigenvalue weighted by molar-refractivity contribution is 0.171. The molecule has 8 heteroatoms. The van der Waals surface area contributed by atoms with Crippen LogP contribution in [0.4, 0.5) is 10.1 Å². The van der Waals surface area contributed by atoms with Gasteiger partial charge >= 0.3 is 0 Å². The normalized spacial score (nSPS) is 18.0. The first-order valence-electron chi connectivity index (χ1n) is 8.44. The summed E-state index contributed by atoms with van der Waals surface area (Å²) in [6.07, 6.45) is 0. The lowest BCUT2D eigenvalue weighted by Crippen LogP contribution is -2.48. The van der Waals surface area contributed by atoms with Crippen LogP contribution in [0.25, 0.3) is 0 Å². The summed E-state index contributed by atoms with van der Waals surface area (Å²) in [7, 11) is -3.60. The Labute approximate surface area is 151 Å². The van der Waals surface area contributed by atoms with E-state index in [4.69, 9.17) is 9.47 Å². The first-order valence-corrected chi connectivity index (χ1v) is 9.88. The van der Waals surface area contributed by atoms with E-state index in [-0.39, 0.29) is 10.7 Å². The van der Waals surface area contributed by atoms with Gasteiger partial charge in [0.15, 0.2) is 11.5 Å². The van der Waals surface area contributed by atoms with Gasteiger partial charge < -0.3 is 14.4 Å². The SMILES string of the molecule is O=S(=O)(c1ccc2c(c1)OCCO2)N1CCN(c2ccc(F)cc2)CC1. The summed E-state index contributed by atoms with van der Waals surface area (Å²) in [5, 5.41) is 0. The maximum Gasteiger partial charge on any atom is 0.243 e. The molecule has 2 aliphatic rings. The molecule has 1 saturated heterocycles. The molecule has 0 saturated carbocycles. The molecule has 138 valence electrons. The van der Waals surface area contributed by atoms with Gasteiger partial charge in [-0.25, -0.2) is 12.8 Å². The predicted molar refractivity (Wildman–Crippen MR) is 94.8 cm³/mol. The van der Waals surface area contributed by atoms with Gasteiger partial charge in [-0.2, -0.15) is 4.31 Å². The minimum Gasteiger partial charge on any atom is -0.486 e. The fourth-order valence-corrected chi connectivity index (χ4v) is 4.61. The van der Waals surface area contributed by atoms with E-state index in [0.29, 0.717) is 50.9 Å². The van der Waals surface area contributed by atoms with E-state index in [0.717, 1.165) is 5.69 Å². The number of benzene rings is 2. The Hall–Kier alpha value is -2.32. The quantitative estimate of drug-likeness (QED) is 0.819. The molecule has 1 fully saturated rings. The van der Waals surface area contributed by atoms with Crippen LogP contribution in [-0.2, 0) is 10.0 Å². The summed E-state index contributed by atoms with van der Waals surface area (Å²) in [5.41, 5.74) is 0.891. The summed E-state index contributed by atoms with van der Waals surface area (Å²) in [6.45, 7) is 2.71. The standard InChI is InChI=1S/C18H19FN2O4S/c19-14-1-3-15(4-2-14)20-7-9-21(10-8-20)26(22,23)16-5-6-17-18(13-16)25-12-11-24-17/h1-6,13H,7-12H2. The van der Waals surface area contributed by atoms with E-state index >= 15 is 0 Å². The van der Waals surface area contributed by atoms with E-state index in [1.807, 2.05) is 0 Å². The number of nitrogens with zero attached hydrogens (tertiary/aromatic N) is 2. The second-order valence-corrected chi connectivity index (χ2v) is 8.11. The van der Waals surface area contributed by atoms with Gasteiger partial charge in [-0.05, 0) is 36.4 Å². The highest BCUT2D eigenvalue weighted by Gasteiger charge is 2.29. The molecule has 0 unspecified atom stereocenters. The zero-order valence-electron chi connectivity index (χ0n) is 14.1. The number of sulfonamides is 1. The molecule has 0 aromatic heterocycles. The molecule has 4 rings (SSSR count). The molecular formula is C18H19FN2O4S. The van der Waals surface area contributed by atoms with Crippen LogP contribution in [0.3, 0.4) is 0 Å². The number of hydrogen-bond acceptors (Lipinski definition) is 5. The van der Waals surface area contributed by atoms with Crippen LogP contribution < -0.4 is 14.4 Å². The number of ether oxygens (including phenoxy) is 2. The number of piperazine rings is 1. The lowest BCUT2D eigenvalue weighted by atomic mass is 10.2. The van der Waals surface area contributed by atoms with Gasteiger partial charge in [0.05, 0.1) is 4.90 Å². The van der Waals surface area contributed by atoms with Crippen LogP contribution in [0.1, 0.15) is 0 Å². The lowest BCUT2D eigenvalue weighted by Gasteiger charge is -2.35. The molecule has 26 heavy (non-hydrogen) atoms. The van der Waals surface area contributed by atoms with Crippen molar-refractivity contribution in [3.8, 4) is 11.5 Å². The Morgan fingerprint density at radius 2 is 1.50 bits per heavy atom. The van der Waals surface area contributed by atoms with Gasteiger partial charge in [0, 0.05) is 37.9 Å². The highest BCUT2D eigenvalue weighted by atomic mass is 32.2. The fraction of sp³-hybridized carbons (Fsp3) is 0.333. The molecule has 0 amide bonds. The second kappa shape index (κ2) is 6.77. The third kappa shape index (κ3) is 3.22. The smallest absolute Gasteiger partial charge is 0.243 e. The molecule has 2 aliphatic heterocycles. The Morgan fingerprint density at radius 1 is 0.846 bits per heavy atom. The Morgan fingerprint density at radius 3 is 2.19 bits per heavy atom. The van der Waals surface area contributed by atoms with Gasteiger partial charge in [-0.3, -0.25) is 0 Å². The zero-order valence-corrected chi connectivity index (χ0v) is 14.9. The third-order valence-corrected chi connectivity index (χ3v) is 6.48. The van der Waals surface area contributed by atoms with E-state index in [1.54, 1.807) is 24.3 Å². The van der Waals surface area contributed by atoms with E-state index in [9.17, 15) is 12.8 Å². The summed E-state index contributed by atoms with van der Waals surface area (Å²) in [6, 6.07) is 10.9. The molecule has 0 atom stereocenters. The topological polar surface area (TPSA) is 59.1 Å². The van der Waals surface area contributed by atoms with Crippen molar-refractivity contribution < 1.29 is 22.3 Å². The fourth-order valence-electron chi connectivity index (χ4n) is 3.17. The number of hydrogen-bond donors (Lipinski definition) is 0. The minimum atomic E-state index is -3.60. The molecule has 6 nitrogen and oxygen atoms in total. The number of fused-ring (bicyclic) bond motifs is 1. The van der Waals surface area contributed by atoms with Crippen molar-refractivity contribution in [1.29, 1.82) is 0 Å². The molecule has 0 spiro atoms. The van der Waals surface area contributed by atoms with Crippen LogP contribution in [0.2, 0.25) is 0 Å². The molecule has 2 aromatic carbocycles. The van der Waals surface area contributed by atoms with Gasteiger partial charge in [-0.15, -0.1) is 0 Å². The minimum absolute atomic E-state index is 0.206. The van der Waals surface area contributed by atoms with Gasteiger partial charge in [0.1, 0.15) is 19.0 Å². The number of anilines is 1. The van der Waals surface area contributed by atoms with Crippen molar-refractivity contribution in [2.75, 3.05) is 44.3 Å². The van der Waals surface area contributed by atoms with Crippen LogP contribution in [-0.4, -0.2) is 52.1 Å². The molecular weight excluding hydrogens is 359 g/mol. The molecule has 2 heterocycles.